The van der Waals surface area contributed by atoms with Gasteiger partial charge in [-0.1, -0.05) is 0 Å². The van der Waals surface area contributed by atoms with Crippen LogP contribution in [0.25, 0.3) is 16.8 Å². The van der Waals surface area contributed by atoms with Crippen molar-refractivity contribution < 1.29 is 13.9 Å². The maximum Gasteiger partial charge on any atom is 0.270 e. The number of halogens is 1. The summed E-state index contributed by atoms with van der Waals surface area (Å²) in [5.41, 5.74) is 2.84. The van der Waals surface area contributed by atoms with E-state index in [1.165, 1.54) is 12.1 Å². The molecule has 8 heteroatoms. The lowest BCUT2D eigenvalue weighted by Crippen LogP contribution is -2.40. The van der Waals surface area contributed by atoms with Gasteiger partial charge in [0.05, 0.1) is 7.11 Å². The molecule has 1 saturated heterocycles. The lowest BCUT2D eigenvalue weighted by molar-refractivity contribution is 0.0695. The molecule has 1 fully saturated rings. The van der Waals surface area contributed by atoms with Gasteiger partial charge in [-0.15, -0.1) is 0 Å². The van der Waals surface area contributed by atoms with Crippen molar-refractivity contribution in [2.24, 2.45) is 7.05 Å². The summed E-state index contributed by atoms with van der Waals surface area (Å²) in [5, 5.41) is 4.70. The Hall–Kier alpha value is -3.68. The van der Waals surface area contributed by atoms with Crippen LogP contribution in [0.4, 0.5) is 4.39 Å². The SMILES string of the molecule is COc1ccc(F)cc1-c1ccc2nc([C@H]3CCCN(C(=O)c4cccn4C)C3)nn2c1. The van der Waals surface area contributed by atoms with E-state index in [0.717, 1.165) is 30.8 Å². The second kappa shape index (κ2) is 8.11. The van der Waals surface area contributed by atoms with E-state index in [2.05, 4.69) is 0 Å². The van der Waals surface area contributed by atoms with Gasteiger partial charge in [-0.2, -0.15) is 5.10 Å². The lowest BCUT2D eigenvalue weighted by atomic mass is 9.97. The summed E-state index contributed by atoms with van der Waals surface area (Å²) in [4.78, 5) is 19.5. The molecule has 164 valence electrons. The quantitative estimate of drug-likeness (QED) is 0.490. The second-order valence-electron chi connectivity index (χ2n) is 8.13. The lowest BCUT2D eigenvalue weighted by Gasteiger charge is -2.31. The molecule has 7 nitrogen and oxygen atoms in total. The normalized spacial score (nSPS) is 16.5. The fourth-order valence-corrected chi connectivity index (χ4v) is 4.36. The van der Waals surface area contributed by atoms with Crippen molar-refractivity contribution in [2.75, 3.05) is 20.2 Å². The predicted molar refractivity (Wildman–Crippen MR) is 118 cm³/mol. The zero-order chi connectivity index (χ0) is 22.2. The molecule has 4 heterocycles. The molecule has 5 rings (SSSR count). The number of carbonyl (C=O) groups is 1. The molecule has 0 saturated carbocycles. The maximum atomic E-state index is 13.8. The van der Waals surface area contributed by atoms with E-state index in [1.54, 1.807) is 17.7 Å². The van der Waals surface area contributed by atoms with E-state index >= 15 is 0 Å². The Balaban J connectivity index is 1.42. The van der Waals surface area contributed by atoms with Gasteiger partial charge >= 0.3 is 0 Å². The van der Waals surface area contributed by atoms with Gasteiger partial charge in [0.1, 0.15) is 17.3 Å². The van der Waals surface area contributed by atoms with Gasteiger partial charge in [0.15, 0.2) is 11.5 Å². The van der Waals surface area contributed by atoms with Crippen LogP contribution < -0.4 is 4.74 Å². The molecule has 3 aromatic heterocycles. The Labute approximate surface area is 185 Å². The summed E-state index contributed by atoms with van der Waals surface area (Å²) in [6.07, 6.45) is 5.54. The van der Waals surface area contributed by atoms with E-state index < -0.39 is 0 Å². The smallest absolute Gasteiger partial charge is 0.270 e. The number of ether oxygens (including phenoxy) is 1. The number of aryl methyl sites for hydroxylation is 1. The van der Waals surface area contributed by atoms with Crippen molar-refractivity contribution in [2.45, 2.75) is 18.8 Å². The summed E-state index contributed by atoms with van der Waals surface area (Å²) in [6, 6.07) is 11.9. The number of hydrogen-bond acceptors (Lipinski definition) is 4. The molecule has 1 amide bonds. The van der Waals surface area contributed by atoms with Gasteiger partial charge in [0.2, 0.25) is 0 Å². The first-order valence-corrected chi connectivity index (χ1v) is 10.6. The van der Waals surface area contributed by atoms with Gasteiger partial charge in [-0.3, -0.25) is 4.79 Å². The summed E-state index contributed by atoms with van der Waals surface area (Å²) in [5.74, 6) is 1.09. The number of methoxy groups -OCH3 is 1. The molecule has 0 N–H and O–H groups in total. The van der Waals surface area contributed by atoms with Crippen molar-refractivity contribution in [3.8, 4) is 16.9 Å². The van der Waals surface area contributed by atoms with Crippen molar-refractivity contribution in [1.82, 2.24) is 24.1 Å². The molecule has 1 atom stereocenters. The van der Waals surface area contributed by atoms with Crippen LogP contribution in [0.15, 0.2) is 54.9 Å². The summed E-state index contributed by atoms with van der Waals surface area (Å²) >= 11 is 0. The number of rotatable bonds is 4. The number of piperidine rings is 1. The minimum Gasteiger partial charge on any atom is -0.496 e. The third-order valence-corrected chi connectivity index (χ3v) is 6.06. The standard InChI is InChI=1S/C24H24FN5O2/c1-28-11-4-6-20(28)24(31)29-12-3-5-17(14-29)23-26-22-10-7-16(15-30(22)27-23)19-13-18(25)8-9-21(19)32-2/h4,6-11,13,15,17H,3,5,12,14H2,1-2H3/t17-/m0/s1. The van der Waals surface area contributed by atoms with Gasteiger partial charge in [0, 0.05) is 49.6 Å². The average molecular weight is 433 g/mol. The molecule has 4 aromatic rings. The molecule has 0 aliphatic carbocycles. The van der Waals surface area contributed by atoms with E-state index in [1.807, 2.05) is 53.2 Å². The Morgan fingerprint density at radius 3 is 2.88 bits per heavy atom. The van der Waals surface area contributed by atoms with E-state index in [0.29, 0.717) is 29.2 Å². The number of amides is 1. The van der Waals surface area contributed by atoms with Crippen LogP contribution in [0, 0.1) is 5.82 Å². The number of hydrogen-bond donors (Lipinski definition) is 0. The van der Waals surface area contributed by atoms with E-state index in [9.17, 15) is 9.18 Å². The van der Waals surface area contributed by atoms with Gasteiger partial charge in [0.25, 0.3) is 5.91 Å². The first kappa shape index (κ1) is 20.2. The number of pyridine rings is 1. The third kappa shape index (κ3) is 3.62. The first-order valence-electron chi connectivity index (χ1n) is 10.6. The van der Waals surface area contributed by atoms with E-state index in [4.69, 9.17) is 14.8 Å². The van der Waals surface area contributed by atoms with E-state index in [-0.39, 0.29) is 17.6 Å². The number of likely N-dealkylation sites (tertiary alicyclic amines) is 1. The van der Waals surface area contributed by atoms with Crippen molar-refractivity contribution >= 4 is 11.6 Å². The summed E-state index contributed by atoms with van der Waals surface area (Å²) < 4.78 is 22.8. The molecule has 1 aliphatic heterocycles. The minimum absolute atomic E-state index is 0.0337. The third-order valence-electron chi connectivity index (χ3n) is 6.06. The number of nitrogens with zero attached hydrogens (tertiary/aromatic N) is 5. The van der Waals surface area contributed by atoms with Crippen molar-refractivity contribution in [3.05, 3.63) is 72.2 Å². The highest BCUT2D eigenvalue weighted by Crippen LogP contribution is 2.31. The predicted octanol–water partition coefficient (Wildman–Crippen LogP) is 3.90. The molecule has 32 heavy (non-hydrogen) atoms. The maximum absolute atomic E-state index is 13.8. The fourth-order valence-electron chi connectivity index (χ4n) is 4.36. The van der Waals surface area contributed by atoms with Crippen LogP contribution in [0.5, 0.6) is 5.75 Å². The molecule has 1 aromatic carbocycles. The van der Waals surface area contributed by atoms with Gasteiger partial charge < -0.3 is 14.2 Å². The van der Waals surface area contributed by atoms with Crippen LogP contribution in [0.1, 0.15) is 35.1 Å². The number of carbonyl (C=O) groups excluding carboxylic acids is 1. The monoisotopic (exact) mass is 433 g/mol. The second-order valence-corrected chi connectivity index (χ2v) is 8.13. The van der Waals surface area contributed by atoms with Gasteiger partial charge in [-0.05, 0) is 55.3 Å². The number of benzene rings is 1. The molecule has 0 bridgehead atoms. The average Bonchev–Trinajstić information content (AvgIpc) is 3.44. The van der Waals surface area contributed by atoms with Crippen LogP contribution in [0.3, 0.4) is 0 Å². The summed E-state index contributed by atoms with van der Waals surface area (Å²) in [6.45, 7) is 1.32. The highest BCUT2D eigenvalue weighted by molar-refractivity contribution is 5.92. The fraction of sp³-hybridized carbons (Fsp3) is 0.292. The number of aromatic nitrogens is 4. The Morgan fingerprint density at radius 1 is 1.22 bits per heavy atom. The Bertz CT molecular complexity index is 1290. The number of fused-ring (bicyclic) bond motifs is 1. The molecular weight excluding hydrogens is 409 g/mol. The molecule has 1 aliphatic rings. The van der Waals surface area contributed by atoms with Crippen molar-refractivity contribution in [1.29, 1.82) is 0 Å². The minimum atomic E-state index is -0.328. The van der Waals surface area contributed by atoms with Crippen LogP contribution in [-0.4, -0.2) is 50.2 Å². The van der Waals surface area contributed by atoms with Crippen LogP contribution >= 0.6 is 0 Å². The summed E-state index contributed by atoms with van der Waals surface area (Å²) in [7, 11) is 3.44. The molecule has 0 unspecified atom stereocenters. The Kier molecular flexibility index (Phi) is 5.13. The largest absolute Gasteiger partial charge is 0.496 e. The zero-order valence-corrected chi connectivity index (χ0v) is 18.0. The van der Waals surface area contributed by atoms with Crippen molar-refractivity contribution in [3.63, 3.8) is 0 Å². The first-order chi connectivity index (χ1) is 15.5. The Morgan fingerprint density at radius 2 is 2.09 bits per heavy atom. The molecule has 0 spiro atoms. The van der Waals surface area contributed by atoms with Gasteiger partial charge in [-0.25, -0.2) is 13.9 Å². The zero-order valence-electron chi connectivity index (χ0n) is 18.0. The van der Waals surface area contributed by atoms with Crippen LogP contribution in [0.2, 0.25) is 0 Å². The highest BCUT2D eigenvalue weighted by atomic mass is 19.1. The highest BCUT2D eigenvalue weighted by Gasteiger charge is 2.29. The molecular formula is C24H24FN5O2. The van der Waals surface area contributed by atoms with Crippen LogP contribution in [-0.2, 0) is 7.05 Å². The topological polar surface area (TPSA) is 64.7 Å². The molecule has 0 radical (unpaired) electrons.